The minimum atomic E-state index is -3.22. The summed E-state index contributed by atoms with van der Waals surface area (Å²) in [5, 5.41) is 9.04. The first-order valence-corrected chi connectivity index (χ1v) is 4.83. The van der Waals surface area contributed by atoms with Crippen LogP contribution >= 0.6 is 7.82 Å². The maximum Gasteiger partial charge on any atom is 0.488 e. The van der Waals surface area contributed by atoms with Crippen molar-refractivity contribution in [1.82, 2.24) is 0 Å². The van der Waals surface area contributed by atoms with E-state index < -0.39 is 25.8 Å². The molecule has 3 aliphatic heterocycles. The Balaban J connectivity index is 2.03. The van der Waals surface area contributed by atoms with Crippen molar-refractivity contribution in [2.45, 2.75) is 19.0 Å². The zero-order valence-corrected chi connectivity index (χ0v) is 7.06. The lowest BCUT2D eigenvalue weighted by molar-refractivity contribution is -0.453. The third-order valence-corrected chi connectivity index (χ3v) is 3.36. The van der Waals surface area contributed by atoms with Crippen molar-refractivity contribution in [3.05, 3.63) is 0 Å². The van der Waals surface area contributed by atoms with Crippen LogP contribution in [0.2, 0.25) is 0 Å². The van der Waals surface area contributed by atoms with Gasteiger partial charge in [-0.25, -0.2) is 18.1 Å². The number of phosphoric ester groups is 1. The molecule has 3 saturated heterocycles. The zero-order valence-electron chi connectivity index (χ0n) is 6.17. The van der Waals surface area contributed by atoms with Crippen LogP contribution < -0.4 is 0 Å². The molecule has 0 radical (unpaired) electrons. The van der Waals surface area contributed by atoms with Crippen LogP contribution in [0.15, 0.2) is 0 Å². The van der Waals surface area contributed by atoms with Crippen molar-refractivity contribution in [2.75, 3.05) is 0 Å². The molecular weight excluding hydrogens is 187 g/mol. The lowest BCUT2D eigenvalue weighted by Gasteiger charge is -2.58. The first-order chi connectivity index (χ1) is 5.51. The van der Waals surface area contributed by atoms with Gasteiger partial charge in [-0.05, 0) is 0 Å². The summed E-state index contributed by atoms with van der Waals surface area (Å²) in [5.41, 5.74) is 0. The van der Waals surface area contributed by atoms with Crippen LogP contribution in [0.1, 0.15) is 6.92 Å². The Hall–Kier alpha value is -0.260. The summed E-state index contributed by atoms with van der Waals surface area (Å²) >= 11 is 0. The number of aliphatic hydroxyl groups is 1. The number of aliphatic hydroxyl groups excluding tert-OH is 1. The fourth-order valence-electron chi connectivity index (χ4n) is 1.06. The number of phosphoric acid groups is 1. The molecule has 0 aromatic heterocycles. The highest BCUT2D eigenvalue weighted by Gasteiger charge is 2.77. The Morgan fingerprint density at radius 1 is 1.50 bits per heavy atom. The van der Waals surface area contributed by atoms with E-state index in [9.17, 15) is 9.36 Å². The van der Waals surface area contributed by atoms with Gasteiger partial charge in [0.25, 0.3) is 0 Å². The standard InChI is InChI=1S/C5H7O6P/c1-3(4(7)2-6)5-9-12(8,10-5)11-5/h2-4,7H,1H3. The van der Waals surface area contributed by atoms with E-state index >= 15 is 0 Å². The number of aldehydes is 1. The Bertz CT molecular complexity index is 249. The number of rotatable bonds is 3. The molecule has 0 aromatic rings. The van der Waals surface area contributed by atoms with E-state index in [1.807, 2.05) is 0 Å². The van der Waals surface area contributed by atoms with E-state index in [2.05, 4.69) is 13.6 Å². The highest BCUT2D eigenvalue weighted by atomic mass is 31.2. The van der Waals surface area contributed by atoms with Crippen LogP contribution in [0.25, 0.3) is 0 Å². The molecule has 2 unspecified atom stereocenters. The van der Waals surface area contributed by atoms with Gasteiger partial charge in [0.1, 0.15) is 12.4 Å². The van der Waals surface area contributed by atoms with Crippen molar-refractivity contribution in [1.29, 1.82) is 0 Å². The molecule has 0 amide bonds. The van der Waals surface area contributed by atoms with E-state index in [1.165, 1.54) is 6.92 Å². The van der Waals surface area contributed by atoms with E-state index in [-0.39, 0.29) is 0 Å². The largest absolute Gasteiger partial charge is 0.488 e. The van der Waals surface area contributed by atoms with Crippen LogP contribution in [0.4, 0.5) is 0 Å². The quantitative estimate of drug-likeness (QED) is 0.503. The van der Waals surface area contributed by atoms with Gasteiger partial charge < -0.3 is 9.90 Å². The zero-order chi connectivity index (χ0) is 8.98. The smallest absolute Gasteiger partial charge is 0.385 e. The molecule has 2 bridgehead atoms. The first kappa shape index (κ1) is 8.34. The molecule has 3 rings (SSSR count). The topological polar surface area (TPSA) is 82.1 Å². The summed E-state index contributed by atoms with van der Waals surface area (Å²) < 4.78 is 24.8. The van der Waals surface area contributed by atoms with Gasteiger partial charge in [0, 0.05) is 0 Å². The van der Waals surface area contributed by atoms with Crippen LogP contribution in [-0.2, 0) is 22.9 Å². The Kier molecular flexibility index (Phi) is 1.50. The molecule has 0 aliphatic carbocycles. The Labute approximate surface area is 68.0 Å². The third kappa shape index (κ3) is 0.841. The van der Waals surface area contributed by atoms with Crippen LogP contribution in [0.3, 0.4) is 0 Å². The summed E-state index contributed by atoms with van der Waals surface area (Å²) in [6.07, 6.45) is -0.893. The molecular formula is C5H7O6P. The fraction of sp³-hybridized carbons (Fsp3) is 0.800. The molecule has 1 N–H and O–H groups in total. The molecule has 3 aliphatic rings. The van der Waals surface area contributed by atoms with Gasteiger partial charge in [0.2, 0.25) is 0 Å². The predicted octanol–water partition coefficient (Wildman–Crippen LogP) is 0.0212. The van der Waals surface area contributed by atoms with Crippen molar-refractivity contribution in [3.63, 3.8) is 0 Å². The van der Waals surface area contributed by atoms with Crippen molar-refractivity contribution in [3.8, 4) is 0 Å². The molecule has 0 saturated carbocycles. The highest BCUT2D eigenvalue weighted by molar-refractivity contribution is 7.51. The summed E-state index contributed by atoms with van der Waals surface area (Å²) in [6.45, 7) is 1.50. The van der Waals surface area contributed by atoms with Gasteiger partial charge in [-0.3, -0.25) is 0 Å². The van der Waals surface area contributed by atoms with E-state index in [1.54, 1.807) is 0 Å². The molecule has 12 heavy (non-hydrogen) atoms. The normalized spacial score (nSPS) is 48.5. The number of hydrogen-bond acceptors (Lipinski definition) is 6. The van der Waals surface area contributed by atoms with Gasteiger partial charge in [0.15, 0.2) is 0 Å². The summed E-state index contributed by atoms with van der Waals surface area (Å²) in [5.74, 6) is -2.11. The summed E-state index contributed by atoms with van der Waals surface area (Å²) in [7, 11) is -3.22. The average molecular weight is 194 g/mol. The maximum absolute atomic E-state index is 10.7. The second-order valence-corrected chi connectivity index (χ2v) is 4.18. The van der Waals surface area contributed by atoms with Crippen molar-refractivity contribution in [2.24, 2.45) is 5.92 Å². The molecule has 0 spiro atoms. The highest BCUT2D eigenvalue weighted by Crippen LogP contribution is 2.81. The number of hydrogen-bond donors (Lipinski definition) is 1. The van der Waals surface area contributed by atoms with Gasteiger partial charge >= 0.3 is 13.8 Å². The molecule has 3 heterocycles. The Morgan fingerprint density at radius 3 is 2.33 bits per heavy atom. The van der Waals surface area contributed by atoms with Gasteiger partial charge in [0.05, 0.1) is 5.92 Å². The predicted molar refractivity (Wildman–Crippen MR) is 34.8 cm³/mol. The van der Waals surface area contributed by atoms with Gasteiger partial charge in [-0.2, -0.15) is 0 Å². The van der Waals surface area contributed by atoms with Gasteiger partial charge in [-0.15, -0.1) is 0 Å². The van der Waals surface area contributed by atoms with Crippen LogP contribution in [0.5, 0.6) is 0 Å². The van der Waals surface area contributed by atoms with Gasteiger partial charge in [-0.1, -0.05) is 6.92 Å². The van der Waals surface area contributed by atoms with Crippen LogP contribution in [-0.4, -0.2) is 23.5 Å². The summed E-state index contributed by atoms with van der Waals surface area (Å²) in [4.78, 5) is 10.1. The second-order valence-electron chi connectivity index (χ2n) is 2.74. The fourth-order valence-corrected chi connectivity index (χ4v) is 2.54. The van der Waals surface area contributed by atoms with E-state index in [4.69, 9.17) is 5.11 Å². The summed E-state index contributed by atoms with van der Waals surface area (Å²) in [6, 6.07) is 0. The first-order valence-electron chi connectivity index (χ1n) is 3.37. The molecule has 2 atom stereocenters. The molecule has 7 heteroatoms. The van der Waals surface area contributed by atoms with Crippen LogP contribution in [0, 0.1) is 5.92 Å². The lowest BCUT2D eigenvalue weighted by atomic mass is 10.0. The van der Waals surface area contributed by atoms with Crippen molar-refractivity contribution >= 4 is 14.1 Å². The SMILES string of the molecule is CC(C(O)C=O)C12OP(=O)(O1)O2. The molecule has 6 nitrogen and oxygen atoms in total. The second kappa shape index (κ2) is 2.16. The number of carbonyl (C=O) groups is 1. The van der Waals surface area contributed by atoms with E-state index in [0.717, 1.165) is 0 Å². The van der Waals surface area contributed by atoms with E-state index in [0.29, 0.717) is 6.29 Å². The Morgan fingerprint density at radius 2 is 2.00 bits per heavy atom. The maximum atomic E-state index is 10.7. The minimum Gasteiger partial charge on any atom is -0.385 e. The third-order valence-electron chi connectivity index (χ3n) is 1.93. The molecule has 0 aromatic carbocycles. The van der Waals surface area contributed by atoms with Crippen molar-refractivity contribution < 1.29 is 28.0 Å². The average Bonchev–Trinajstić information content (AvgIpc) is 1.94. The number of carbonyl (C=O) groups excluding carboxylic acids is 1. The monoisotopic (exact) mass is 194 g/mol. The molecule has 68 valence electrons. The lowest BCUT2D eigenvalue weighted by Crippen LogP contribution is -2.63. The minimum absolute atomic E-state index is 0.344. The molecule has 3 fully saturated rings.